The lowest BCUT2D eigenvalue weighted by Gasteiger charge is -2.07. The summed E-state index contributed by atoms with van der Waals surface area (Å²) >= 11 is 7.40. The van der Waals surface area contributed by atoms with Crippen molar-refractivity contribution in [1.29, 1.82) is 0 Å². The topological polar surface area (TPSA) is 105 Å². The fraction of sp³-hybridized carbons (Fsp3) is 0.190. The number of aryl methyl sites for hydroxylation is 1. The lowest BCUT2D eigenvalue weighted by molar-refractivity contribution is -0.142. The average Bonchev–Trinajstić information content (AvgIpc) is 3.48. The Labute approximate surface area is 192 Å². The van der Waals surface area contributed by atoms with Crippen LogP contribution in [-0.2, 0) is 16.1 Å². The van der Waals surface area contributed by atoms with Crippen molar-refractivity contribution in [3.05, 3.63) is 65.3 Å². The Morgan fingerprint density at radius 3 is 2.72 bits per heavy atom. The van der Waals surface area contributed by atoms with Gasteiger partial charge in [0.15, 0.2) is 11.8 Å². The van der Waals surface area contributed by atoms with E-state index >= 15 is 0 Å². The van der Waals surface area contributed by atoms with Crippen LogP contribution < -0.4 is 4.74 Å². The summed E-state index contributed by atoms with van der Waals surface area (Å²) in [6.45, 7) is 1.80. The average molecular weight is 472 g/mol. The van der Waals surface area contributed by atoms with Crippen molar-refractivity contribution < 1.29 is 18.7 Å². The Morgan fingerprint density at radius 2 is 1.97 bits per heavy atom. The van der Waals surface area contributed by atoms with Gasteiger partial charge in [-0.25, -0.2) is 0 Å². The quantitative estimate of drug-likeness (QED) is 0.277. The molecule has 0 saturated heterocycles. The molecule has 164 valence electrons. The van der Waals surface area contributed by atoms with E-state index in [0.717, 1.165) is 22.6 Å². The maximum atomic E-state index is 12.2. The number of nitrogens with zero attached hydrogens (tertiary/aromatic N) is 5. The maximum absolute atomic E-state index is 12.2. The van der Waals surface area contributed by atoms with Crippen LogP contribution in [0, 0.1) is 6.92 Å². The van der Waals surface area contributed by atoms with Gasteiger partial charge in [0, 0.05) is 10.6 Å². The van der Waals surface area contributed by atoms with E-state index < -0.39 is 5.97 Å². The third kappa shape index (κ3) is 5.09. The van der Waals surface area contributed by atoms with E-state index in [-0.39, 0.29) is 18.3 Å². The van der Waals surface area contributed by atoms with Crippen molar-refractivity contribution in [2.75, 3.05) is 12.9 Å². The molecule has 2 aromatic heterocycles. The number of carbonyl (C=O) groups is 1. The van der Waals surface area contributed by atoms with Gasteiger partial charge in [0.25, 0.3) is 5.89 Å². The van der Waals surface area contributed by atoms with Crippen molar-refractivity contribution >= 4 is 29.3 Å². The number of hydrogen-bond acceptors (Lipinski definition) is 9. The van der Waals surface area contributed by atoms with Crippen LogP contribution in [0.1, 0.15) is 11.5 Å². The first-order chi connectivity index (χ1) is 15.5. The molecule has 32 heavy (non-hydrogen) atoms. The molecule has 4 rings (SSSR count). The number of ether oxygens (including phenoxy) is 2. The standard InChI is InChI=1S/C21H18ClN5O4S/c1-13-3-6-15(9-17(13)22)27-12-23-26-21(27)32-11-19(28)30-10-18-24-25-20(31-18)14-4-7-16(29-2)8-5-14/h3-9,12H,10-11H2,1-2H3. The zero-order chi connectivity index (χ0) is 22.5. The molecular formula is C21H18ClN5O4S. The number of rotatable bonds is 8. The van der Waals surface area contributed by atoms with Gasteiger partial charge >= 0.3 is 5.97 Å². The maximum Gasteiger partial charge on any atom is 0.316 e. The van der Waals surface area contributed by atoms with Crippen LogP contribution in [0.15, 0.2) is 58.4 Å². The minimum Gasteiger partial charge on any atom is -0.497 e. The second kappa shape index (κ2) is 9.84. The minimum atomic E-state index is -0.448. The van der Waals surface area contributed by atoms with Crippen molar-refractivity contribution in [2.45, 2.75) is 18.7 Å². The van der Waals surface area contributed by atoms with E-state index in [4.69, 9.17) is 25.5 Å². The third-order valence-electron chi connectivity index (χ3n) is 4.43. The summed E-state index contributed by atoms with van der Waals surface area (Å²) in [6.07, 6.45) is 1.56. The van der Waals surface area contributed by atoms with Crippen LogP contribution in [0.25, 0.3) is 17.1 Å². The predicted octanol–water partition coefficient (Wildman–Crippen LogP) is 4.12. The normalized spacial score (nSPS) is 10.8. The molecule has 0 N–H and O–H groups in total. The fourth-order valence-corrected chi connectivity index (χ4v) is 3.60. The highest BCUT2D eigenvalue weighted by molar-refractivity contribution is 7.99. The second-order valence-electron chi connectivity index (χ2n) is 6.60. The molecule has 9 nitrogen and oxygen atoms in total. The third-order valence-corrected chi connectivity index (χ3v) is 5.75. The molecule has 2 aromatic carbocycles. The molecule has 0 unspecified atom stereocenters. The van der Waals surface area contributed by atoms with Crippen molar-refractivity contribution in [1.82, 2.24) is 25.0 Å². The second-order valence-corrected chi connectivity index (χ2v) is 7.95. The van der Waals surface area contributed by atoms with E-state index in [1.165, 1.54) is 11.8 Å². The fourth-order valence-electron chi connectivity index (χ4n) is 2.70. The van der Waals surface area contributed by atoms with Gasteiger partial charge < -0.3 is 13.9 Å². The molecule has 4 aromatic rings. The van der Waals surface area contributed by atoms with Gasteiger partial charge in [-0.15, -0.1) is 20.4 Å². The van der Waals surface area contributed by atoms with Gasteiger partial charge in [0.2, 0.25) is 5.89 Å². The first kappa shape index (κ1) is 21.8. The first-order valence-corrected chi connectivity index (χ1v) is 10.8. The van der Waals surface area contributed by atoms with Crippen LogP contribution in [-0.4, -0.2) is 43.8 Å². The summed E-state index contributed by atoms with van der Waals surface area (Å²) in [6, 6.07) is 12.8. The molecule has 11 heteroatoms. The van der Waals surface area contributed by atoms with Gasteiger partial charge in [0.1, 0.15) is 12.1 Å². The Balaban J connectivity index is 1.31. The summed E-state index contributed by atoms with van der Waals surface area (Å²) in [5.74, 6) is 0.846. The predicted molar refractivity (Wildman–Crippen MR) is 118 cm³/mol. The Hall–Kier alpha value is -3.37. The van der Waals surface area contributed by atoms with E-state index in [2.05, 4.69) is 20.4 Å². The van der Waals surface area contributed by atoms with E-state index in [0.29, 0.717) is 16.1 Å². The van der Waals surface area contributed by atoms with Gasteiger partial charge in [-0.2, -0.15) is 0 Å². The molecule has 0 aliphatic carbocycles. The Morgan fingerprint density at radius 1 is 1.16 bits per heavy atom. The van der Waals surface area contributed by atoms with Crippen LogP contribution in [0.3, 0.4) is 0 Å². The van der Waals surface area contributed by atoms with Gasteiger partial charge in [-0.05, 0) is 48.9 Å². The van der Waals surface area contributed by atoms with E-state index in [1.807, 2.05) is 25.1 Å². The van der Waals surface area contributed by atoms with Crippen LogP contribution in [0.4, 0.5) is 0 Å². The number of benzene rings is 2. The number of methoxy groups -OCH3 is 1. The molecule has 0 fully saturated rings. The van der Waals surface area contributed by atoms with Crippen LogP contribution in [0.2, 0.25) is 5.02 Å². The molecule has 0 aliphatic rings. The van der Waals surface area contributed by atoms with E-state index in [1.54, 1.807) is 42.3 Å². The molecule has 0 spiro atoms. The first-order valence-electron chi connectivity index (χ1n) is 9.45. The molecule has 0 radical (unpaired) electrons. The van der Waals surface area contributed by atoms with Gasteiger partial charge in [0.05, 0.1) is 18.6 Å². The summed E-state index contributed by atoms with van der Waals surface area (Å²) in [4.78, 5) is 12.2. The van der Waals surface area contributed by atoms with Gasteiger partial charge in [-0.1, -0.05) is 29.4 Å². The number of hydrogen-bond donors (Lipinski definition) is 0. The minimum absolute atomic E-state index is 0.0394. The Bertz CT molecular complexity index is 1230. The largest absolute Gasteiger partial charge is 0.497 e. The summed E-state index contributed by atoms with van der Waals surface area (Å²) in [5.41, 5.74) is 2.51. The molecule has 2 heterocycles. The lowest BCUT2D eigenvalue weighted by Crippen LogP contribution is -2.08. The van der Waals surface area contributed by atoms with Gasteiger partial charge in [-0.3, -0.25) is 9.36 Å². The summed E-state index contributed by atoms with van der Waals surface area (Å²) in [5, 5.41) is 17.1. The highest BCUT2D eigenvalue weighted by Crippen LogP contribution is 2.24. The highest BCUT2D eigenvalue weighted by atomic mass is 35.5. The highest BCUT2D eigenvalue weighted by Gasteiger charge is 2.14. The summed E-state index contributed by atoms with van der Waals surface area (Å²) < 4.78 is 17.7. The smallest absolute Gasteiger partial charge is 0.316 e. The van der Waals surface area contributed by atoms with E-state index in [9.17, 15) is 4.79 Å². The molecule has 0 aliphatic heterocycles. The summed E-state index contributed by atoms with van der Waals surface area (Å²) in [7, 11) is 1.59. The zero-order valence-electron chi connectivity index (χ0n) is 17.2. The Kier molecular flexibility index (Phi) is 6.72. The van der Waals surface area contributed by atoms with Crippen LogP contribution >= 0.6 is 23.4 Å². The monoisotopic (exact) mass is 471 g/mol. The number of aromatic nitrogens is 5. The lowest BCUT2D eigenvalue weighted by atomic mass is 10.2. The molecule has 0 bridgehead atoms. The molecule has 0 amide bonds. The molecule has 0 saturated carbocycles. The molecule has 0 atom stereocenters. The van der Waals surface area contributed by atoms with Crippen LogP contribution in [0.5, 0.6) is 5.75 Å². The van der Waals surface area contributed by atoms with Crippen molar-refractivity contribution in [2.24, 2.45) is 0 Å². The van der Waals surface area contributed by atoms with Crippen molar-refractivity contribution in [3.8, 4) is 22.9 Å². The number of halogens is 1. The SMILES string of the molecule is COc1ccc(-c2nnc(COC(=O)CSc3nncn3-c3ccc(C)c(Cl)c3)o2)cc1. The molecular weight excluding hydrogens is 454 g/mol. The number of carbonyl (C=O) groups excluding carboxylic acids is 1. The number of thioether (sulfide) groups is 1. The zero-order valence-corrected chi connectivity index (χ0v) is 18.8. The van der Waals surface area contributed by atoms with Crippen molar-refractivity contribution in [3.63, 3.8) is 0 Å². The number of esters is 1.